The molecule has 0 spiro atoms. The van der Waals surface area contributed by atoms with E-state index in [0.717, 1.165) is 0 Å². The number of carbonyl (C=O) groups is 1. The maximum atomic E-state index is 13.3. The number of hydrogen-bond donors (Lipinski definition) is 1. The minimum absolute atomic E-state index is 0.651. The minimum atomic E-state index is -4.99. The second-order valence-corrected chi connectivity index (χ2v) is 11.4. The summed E-state index contributed by atoms with van der Waals surface area (Å²) in [5, 5.41) is 4.42. The van der Waals surface area contributed by atoms with Crippen molar-refractivity contribution in [3.63, 3.8) is 0 Å². The van der Waals surface area contributed by atoms with Crippen LogP contribution in [0, 0.1) is 0 Å². The monoisotopic (exact) mass is 389 g/mol. The Morgan fingerprint density at radius 2 is 1.00 bits per heavy atom. The number of carbonyl (C=O) groups excluding carboxylic acids is 1. The standard InChI is InChI=1S/C21H19F3NOP/c1-27(17-11-5-2-6-12-17,18-13-7-3-8-14-18,19-15-9-4-10-16-19)25-20(26)21(22,23)24/h2-16H,1H3,(H,25,26). The van der Waals surface area contributed by atoms with Crippen molar-refractivity contribution in [2.75, 3.05) is 6.66 Å². The predicted octanol–water partition coefficient (Wildman–Crippen LogP) is 3.74. The van der Waals surface area contributed by atoms with E-state index >= 15 is 0 Å². The molecule has 0 bridgehead atoms. The zero-order valence-corrected chi connectivity index (χ0v) is 15.5. The van der Waals surface area contributed by atoms with E-state index in [4.69, 9.17) is 0 Å². The number of benzene rings is 3. The van der Waals surface area contributed by atoms with E-state index in [1.54, 1.807) is 97.7 Å². The molecule has 0 aliphatic heterocycles. The van der Waals surface area contributed by atoms with E-state index < -0.39 is 18.8 Å². The summed E-state index contributed by atoms with van der Waals surface area (Å²) in [5.41, 5.74) is 0. The first kappa shape index (κ1) is 19.1. The number of amides is 1. The molecule has 3 rings (SSSR count). The first-order valence-electron chi connectivity index (χ1n) is 8.34. The van der Waals surface area contributed by atoms with Gasteiger partial charge in [-0.05, 0) is 0 Å². The fraction of sp³-hybridized carbons (Fsp3) is 0.0952. The number of rotatable bonds is 4. The molecule has 0 aliphatic carbocycles. The summed E-state index contributed by atoms with van der Waals surface area (Å²) in [6, 6.07) is 26.6. The van der Waals surface area contributed by atoms with Crippen LogP contribution in [-0.2, 0) is 4.79 Å². The Bertz CT molecular complexity index is 828. The molecule has 2 nitrogen and oxygen atoms in total. The van der Waals surface area contributed by atoms with Gasteiger partial charge in [-0.2, -0.15) is 0 Å². The van der Waals surface area contributed by atoms with Crippen LogP contribution in [-0.4, -0.2) is 18.7 Å². The van der Waals surface area contributed by atoms with Crippen molar-refractivity contribution in [3.05, 3.63) is 91.0 Å². The molecular formula is C21H19F3NOP. The van der Waals surface area contributed by atoms with Gasteiger partial charge in [-0.15, -0.1) is 0 Å². The molecule has 0 saturated heterocycles. The molecule has 0 heterocycles. The van der Waals surface area contributed by atoms with Crippen LogP contribution in [0.5, 0.6) is 0 Å². The molecule has 0 atom stereocenters. The molecule has 0 radical (unpaired) electrons. The topological polar surface area (TPSA) is 29.1 Å². The second kappa shape index (κ2) is 6.82. The van der Waals surface area contributed by atoms with Crippen molar-refractivity contribution in [1.29, 1.82) is 0 Å². The third-order valence-corrected chi connectivity index (χ3v) is 10.4. The summed E-state index contributed by atoms with van der Waals surface area (Å²) in [7, 11) is 0. The van der Waals surface area contributed by atoms with Gasteiger partial charge in [0.1, 0.15) is 0 Å². The number of nitrogens with one attached hydrogen (secondary N) is 1. The van der Waals surface area contributed by atoms with Crippen molar-refractivity contribution >= 4 is 28.6 Å². The van der Waals surface area contributed by atoms with E-state index in [1.807, 2.05) is 0 Å². The van der Waals surface area contributed by atoms with Crippen LogP contribution in [0.2, 0.25) is 0 Å². The summed E-state index contributed by atoms with van der Waals surface area (Å²) < 4.78 is 39.9. The van der Waals surface area contributed by atoms with Crippen LogP contribution in [0.4, 0.5) is 13.2 Å². The third kappa shape index (κ3) is 3.24. The van der Waals surface area contributed by atoms with Gasteiger partial charge in [0, 0.05) is 0 Å². The Labute approximate surface area is 156 Å². The van der Waals surface area contributed by atoms with Gasteiger partial charge in [-0.3, -0.25) is 0 Å². The van der Waals surface area contributed by atoms with Crippen LogP contribution in [0.15, 0.2) is 91.0 Å². The molecule has 0 unspecified atom stereocenters. The van der Waals surface area contributed by atoms with Crippen molar-refractivity contribution in [3.8, 4) is 0 Å². The Morgan fingerprint density at radius 1 is 0.704 bits per heavy atom. The van der Waals surface area contributed by atoms with Crippen LogP contribution in [0.3, 0.4) is 0 Å². The van der Waals surface area contributed by atoms with Gasteiger partial charge in [0.2, 0.25) is 0 Å². The van der Waals surface area contributed by atoms with Crippen molar-refractivity contribution in [2.24, 2.45) is 0 Å². The van der Waals surface area contributed by atoms with Gasteiger partial charge < -0.3 is 0 Å². The average molecular weight is 389 g/mol. The first-order chi connectivity index (χ1) is 12.8. The fourth-order valence-corrected chi connectivity index (χ4v) is 8.03. The molecule has 0 aliphatic rings. The molecule has 27 heavy (non-hydrogen) atoms. The summed E-state index contributed by atoms with van der Waals surface area (Å²) in [4.78, 5) is 12.2. The number of hydrogen-bond acceptors (Lipinski definition) is 1. The molecule has 0 aromatic heterocycles. The maximum absolute atomic E-state index is 13.3. The SMILES string of the molecule is CP(NC(=O)C(F)(F)F)(c1ccccc1)(c1ccccc1)c1ccccc1. The van der Waals surface area contributed by atoms with Gasteiger partial charge in [-0.25, -0.2) is 0 Å². The van der Waals surface area contributed by atoms with Crippen LogP contribution < -0.4 is 21.0 Å². The summed E-state index contributed by atoms with van der Waals surface area (Å²) >= 11 is 0. The normalized spacial score (nSPS) is 13.4. The van der Waals surface area contributed by atoms with E-state index in [2.05, 4.69) is 5.09 Å². The number of halogens is 3. The Morgan fingerprint density at radius 3 is 1.26 bits per heavy atom. The van der Waals surface area contributed by atoms with E-state index in [1.165, 1.54) is 0 Å². The Hall–Kier alpha value is -2.65. The molecule has 0 fully saturated rings. The average Bonchev–Trinajstić information content (AvgIpc) is 2.69. The first-order valence-corrected chi connectivity index (χ1v) is 11.0. The van der Waals surface area contributed by atoms with Crippen LogP contribution in [0.25, 0.3) is 0 Å². The van der Waals surface area contributed by atoms with Gasteiger partial charge >= 0.3 is 155 Å². The molecule has 3 aromatic rings. The van der Waals surface area contributed by atoms with E-state index in [0.29, 0.717) is 15.9 Å². The zero-order chi connectivity index (χ0) is 19.6. The van der Waals surface area contributed by atoms with Crippen molar-refractivity contribution < 1.29 is 18.0 Å². The van der Waals surface area contributed by atoms with Gasteiger partial charge in [0.25, 0.3) is 0 Å². The van der Waals surface area contributed by atoms with E-state index in [9.17, 15) is 18.0 Å². The third-order valence-electron chi connectivity index (χ3n) is 4.84. The van der Waals surface area contributed by atoms with Crippen molar-refractivity contribution in [1.82, 2.24) is 5.09 Å². The van der Waals surface area contributed by atoms with Gasteiger partial charge in [0.05, 0.1) is 0 Å². The molecule has 0 saturated carbocycles. The fourth-order valence-electron chi connectivity index (χ4n) is 3.36. The molecule has 1 amide bonds. The summed E-state index contributed by atoms with van der Waals surface area (Å²) in [6.07, 6.45) is -4.99. The van der Waals surface area contributed by atoms with Gasteiger partial charge in [-0.1, -0.05) is 0 Å². The summed E-state index contributed by atoms with van der Waals surface area (Å²) in [5.74, 6) is -1.95. The Kier molecular flexibility index (Phi) is 4.83. The van der Waals surface area contributed by atoms with E-state index in [-0.39, 0.29) is 0 Å². The second-order valence-electron chi connectivity index (χ2n) is 6.51. The predicted molar refractivity (Wildman–Crippen MR) is 105 cm³/mol. The molecule has 140 valence electrons. The van der Waals surface area contributed by atoms with Gasteiger partial charge in [0.15, 0.2) is 0 Å². The Balaban J connectivity index is 2.41. The molecule has 1 N–H and O–H groups in total. The zero-order valence-electron chi connectivity index (χ0n) is 14.6. The van der Waals surface area contributed by atoms with Crippen molar-refractivity contribution in [2.45, 2.75) is 6.18 Å². The molecule has 3 aromatic carbocycles. The molecular weight excluding hydrogens is 370 g/mol. The summed E-state index contributed by atoms with van der Waals surface area (Å²) in [6.45, 7) is -2.19. The quantitative estimate of drug-likeness (QED) is 0.677. The van der Waals surface area contributed by atoms with Crippen LogP contribution in [0.1, 0.15) is 0 Å². The molecule has 6 heteroatoms. The number of alkyl halides is 3. The van der Waals surface area contributed by atoms with Crippen LogP contribution >= 0.6 is 6.75 Å².